The number of hydrogen-bond acceptors (Lipinski definition) is 4. The summed E-state index contributed by atoms with van der Waals surface area (Å²) < 4.78 is 5.02. The van der Waals surface area contributed by atoms with Crippen LogP contribution in [0.3, 0.4) is 0 Å². The fourth-order valence-electron chi connectivity index (χ4n) is 1.31. The molecule has 0 aliphatic rings. The quantitative estimate of drug-likeness (QED) is 0.577. The highest BCUT2D eigenvalue weighted by molar-refractivity contribution is 6.34. The van der Waals surface area contributed by atoms with Crippen LogP contribution in [0.15, 0.2) is 18.3 Å². The van der Waals surface area contributed by atoms with Gasteiger partial charge in [0.15, 0.2) is 6.29 Å². The van der Waals surface area contributed by atoms with E-state index in [2.05, 4.69) is 9.97 Å². The molecule has 2 aromatic rings. The number of aromatic nitrogens is 2. The minimum atomic E-state index is 0.257. The Hall–Kier alpha value is -1.68. The van der Waals surface area contributed by atoms with E-state index >= 15 is 0 Å². The van der Waals surface area contributed by atoms with Gasteiger partial charge in [-0.2, -0.15) is 0 Å². The first-order valence-corrected chi connectivity index (χ1v) is 4.58. The molecule has 0 fully saturated rings. The lowest BCUT2D eigenvalue weighted by atomic mass is 10.2. The van der Waals surface area contributed by atoms with Gasteiger partial charge in [0, 0.05) is 11.6 Å². The molecule has 15 heavy (non-hydrogen) atoms. The van der Waals surface area contributed by atoms with Gasteiger partial charge in [-0.1, -0.05) is 11.6 Å². The molecule has 2 aromatic heterocycles. The molecule has 2 rings (SSSR count). The van der Waals surface area contributed by atoms with Gasteiger partial charge < -0.3 is 4.74 Å². The van der Waals surface area contributed by atoms with Crippen LogP contribution in [0.4, 0.5) is 0 Å². The van der Waals surface area contributed by atoms with Crippen molar-refractivity contribution in [1.82, 2.24) is 9.97 Å². The number of aldehydes is 1. The predicted octanol–water partition coefficient (Wildman–Crippen LogP) is 2.10. The van der Waals surface area contributed by atoms with Crippen LogP contribution >= 0.6 is 11.6 Å². The predicted molar refractivity (Wildman–Crippen MR) is 56.5 cm³/mol. The van der Waals surface area contributed by atoms with Crippen LogP contribution in [0.25, 0.3) is 10.9 Å². The van der Waals surface area contributed by atoms with E-state index in [1.165, 1.54) is 7.11 Å². The molecule has 0 saturated carbocycles. The molecule has 0 aromatic carbocycles. The maximum Gasteiger partial charge on any atom is 0.172 e. The van der Waals surface area contributed by atoms with E-state index in [1.54, 1.807) is 18.3 Å². The fraction of sp³-hybridized carbons (Fsp3) is 0.100. The highest BCUT2D eigenvalue weighted by Gasteiger charge is 2.08. The Morgan fingerprint density at radius 3 is 3.00 bits per heavy atom. The van der Waals surface area contributed by atoms with Gasteiger partial charge in [-0.15, -0.1) is 0 Å². The highest BCUT2D eigenvalue weighted by Crippen LogP contribution is 2.25. The molecule has 76 valence electrons. The summed E-state index contributed by atoms with van der Waals surface area (Å²) in [5, 5.41) is 1.01. The van der Waals surface area contributed by atoms with Crippen LogP contribution in [-0.4, -0.2) is 23.4 Å². The van der Waals surface area contributed by atoms with Gasteiger partial charge in [-0.05, 0) is 12.1 Å². The normalized spacial score (nSPS) is 10.3. The molecule has 0 aliphatic heterocycles. The third-order valence-corrected chi connectivity index (χ3v) is 2.32. The Bertz CT molecular complexity index is 528. The molecule has 0 spiro atoms. The second-order valence-corrected chi connectivity index (χ2v) is 3.22. The Labute approximate surface area is 90.9 Å². The minimum Gasteiger partial charge on any atom is -0.494 e. The maximum atomic E-state index is 10.7. The molecule has 0 unspecified atom stereocenters. The van der Waals surface area contributed by atoms with Gasteiger partial charge in [0.25, 0.3) is 0 Å². The average Bonchev–Trinajstić information content (AvgIpc) is 2.28. The minimum absolute atomic E-state index is 0.257. The standard InChI is InChI=1S/C10H7ClN2O2/c1-15-9-4-6-7(13-8(9)5-14)2-3-12-10(6)11/h2-5H,1H3. The molecule has 0 amide bonds. The maximum absolute atomic E-state index is 10.7. The molecule has 0 radical (unpaired) electrons. The third kappa shape index (κ3) is 1.64. The van der Waals surface area contributed by atoms with Crippen molar-refractivity contribution >= 4 is 28.8 Å². The van der Waals surface area contributed by atoms with Crippen LogP contribution in [-0.2, 0) is 0 Å². The van der Waals surface area contributed by atoms with Gasteiger partial charge in [0.05, 0.1) is 12.6 Å². The zero-order valence-electron chi connectivity index (χ0n) is 7.90. The second-order valence-electron chi connectivity index (χ2n) is 2.86. The number of nitrogens with zero attached hydrogens (tertiary/aromatic N) is 2. The van der Waals surface area contributed by atoms with Crippen molar-refractivity contribution in [2.45, 2.75) is 0 Å². The van der Waals surface area contributed by atoms with E-state index in [-0.39, 0.29) is 5.69 Å². The van der Waals surface area contributed by atoms with Crippen LogP contribution in [0, 0.1) is 0 Å². The number of halogens is 1. The topological polar surface area (TPSA) is 52.1 Å². The largest absolute Gasteiger partial charge is 0.494 e. The van der Waals surface area contributed by atoms with E-state index in [0.29, 0.717) is 28.1 Å². The number of methoxy groups -OCH3 is 1. The average molecular weight is 223 g/mol. The van der Waals surface area contributed by atoms with Gasteiger partial charge in [0.1, 0.15) is 16.6 Å². The van der Waals surface area contributed by atoms with Crippen LogP contribution in [0.5, 0.6) is 5.75 Å². The molecule has 0 atom stereocenters. The molecule has 0 bridgehead atoms. The second kappa shape index (κ2) is 3.82. The molecule has 5 heteroatoms. The molecule has 4 nitrogen and oxygen atoms in total. The smallest absolute Gasteiger partial charge is 0.172 e. The molecule has 2 heterocycles. The number of rotatable bonds is 2. The van der Waals surface area contributed by atoms with Crippen molar-refractivity contribution in [2.75, 3.05) is 7.11 Å². The van der Waals surface area contributed by atoms with E-state index in [4.69, 9.17) is 16.3 Å². The van der Waals surface area contributed by atoms with Gasteiger partial charge in [0.2, 0.25) is 0 Å². The van der Waals surface area contributed by atoms with Crippen molar-refractivity contribution in [1.29, 1.82) is 0 Å². The lowest BCUT2D eigenvalue weighted by molar-refractivity contribution is 0.111. The Morgan fingerprint density at radius 1 is 1.53 bits per heavy atom. The number of carbonyl (C=O) groups excluding carboxylic acids is 1. The number of fused-ring (bicyclic) bond motifs is 1. The van der Waals surface area contributed by atoms with Crippen LogP contribution in [0.1, 0.15) is 10.5 Å². The number of carbonyl (C=O) groups is 1. The third-order valence-electron chi connectivity index (χ3n) is 2.02. The van der Waals surface area contributed by atoms with Crippen LogP contribution < -0.4 is 4.74 Å². The Kier molecular flexibility index (Phi) is 2.51. The summed E-state index contributed by atoms with van der Waals surface area (Å²) in [7, 11) is 1.47. The summed E-state index contributed by atoms with van der Waals surface area (Å²) in [6, 6.07) is 3.34. The Balaban J connectivity index is 2.81. The summed E-state index contributed by atoms with van der Waals surface area (Å²) in [5.74, 6) is 0.396. The molecular weight excluding hydrogens is 216 g/mol. The summed E-state index contributed by atoms with van der Waals surface area (Å²) in [6.07, 6.45) is 2.19. The first kappa shape index (κ1) is 9.86. The summed E-state index contributed by atoms with van der Waals surface area (Å²) in [6.45, 7) is 0. The first-order valence-electron chi connectivity index (χ1n) is 4.20. The van der Waals surface area contributed by atoms with Crippen molar-refractivity contribution in [3.8, 4) is 5.75 Å². The summed E-state index contributed by atoms with van der Waals surface area (Å²) >= 11 is 5.89. The monoisotopic (exact) mass is 222 g/mol. The zero-order chi connectivity index (χ0) is 10.8. The molecule has 0 aliphatic carbocycles. The van der Waals surface area contributed by atoms with Gasteiger partial charge >= 0.3 is 0 Å². The SMILES string of the molecule is COc1cc2c(Cl)nccc2nc1C=O. The van der Waals surface area contributed by atoms with Crippen molar-refractivity contribution in [3.05, 3.63) is 29.2 Å². The zero-order valence-corrected chi connectivity index (χ0v) is 8.65. The van der Waals surface area contributed by atoms with Crippen molar-refractivity contribution < 1.29 is 9.53 Å². The van der Waals surface area contributed by atoms with Gasteiger partial charge in [-0.25, -0.2) is 9.97 Å². The van der Waals surface area contributed by atoms with Gasteiger partial charge in [-0.3, -0.25) is 4.79 Å². The number of hydrogen-bond donors (Lipinski definition) is 0. The fourth-order valence-corrected chi connectivity index (χ4v) is 1.51. The lowest BCUT2D eigenvalue weighted by Crippen LogP contribution is -1.95. The van der Waals surface area contributed by atoms with Crippen molar-refractivity contribution in [3.63, 3.8) is 0 Å². The summed E-state index contributed by atoms with van der Waals surface area (Å²) in [4.78, 5) is 18.8. The first-order chi connectivity index (χ1) is 7.26. The van der Waals surface area contributed by atoms with E-state index in [9.17, 15) is 4.79 Å². The molecule has 0 N–H and O–H groups in total. The molecule has 0 saturated heterocycles. The lowest BCUT2D eigenvalue weighted by Gasteiger charge is -2.05. The Morgan fingerprint density at radius 2 is 2.33 bits per heavy atom. The van der Waals surface area contributed by atoms with E-state index < -0.39 is 0 Å². The highest BCUT2D eigenvalue weighted by atomic mass is 35.5. The van der Waals surface area contributed by atoms with E-state index in [1.807, 2.05) is 0 Å². The summed E-state index contributed by atoms with van der Waals surface area (Å²) in [5.41, 5.74) is 0.880. The number of pyridine rings is 2. The van der Waals surface area contributed by atoms with Crippen molar-refractivity contribution in [2.24, 2.45) is 0 Å². The van der Waals surface area contributed by atoms with Crippen LogP contribution in [0.2, 0.25) is 5.15 Å². The number of ether oxygens (including phenoxy) is 1. The molecular formula is C10H7ClN2O2. The van der Waals surface area contributed by atoms with E-state index in [0.717, 1.165) is 0 Å².